The van der Waals surface area contributed by atoms with Gasteiger partial charge in [-0.3, -0.25) is 9.59 Å². The summed E-state index contributed by atoms with van der Waals surface area (Å²) in [6, 6.07) is 0.0880. The highest BCUT2D eigenvalue weighted by atomic mass is 16.4. The Morgan fingerprint density at radius 1 is 1.18 bits per heavy atom. The van der Waals surface area contributed by atoms with Crippen LogP contribution in [0, 0.1) is 11.8 Å². The Labute approximate surface area is 102 Å². The first-order chi connectivity index (χ1) is 8.15. The lowest BCUT2D eigenvalue weighted by atomic mass is 9.82. The summed E-state index contributed by atoms with van der Waals surface area (Å²) in [4.78, 5) is 22.4. The highest BCUT2D eigenvalue weighted by Gasteiger charge is 2.30. The largest absolute Gasteiger partial charge is 0.481 e. The van der Waals surface area contributed by atoms with Crippen molar-refractivity contribution in [2.24, 2.45) is 11.8 Å². The van der Waals surface area contributed by atoms with Gasteiger partial charge in [-0.1, -0.05) is 19.3 Å². The van der Waals surface area contributed by atoms with Crippen molar-refractivity contribution in [3.05, 3.63) is 0 Å². The molecule has 0 unspecified atom stereocenters. The monoisotopic (exact) mass is 239 g/mol. The quantitative estimate of drug-likeness (QED) is 0.770. The molecule has 2 rings (SSSR count). The third kappa shape index (κ3) is 3.45. The van der Waals surface area contributed by atoms with Crippen LogP contribution in [0.25, 0.3) is 0 Å². The van der Waals surface area contributed by atoms with E-state index in [1.807, 2.05) is 0 Å². The number of hydrogen-bond donors (Lipinski definition) is 2. The molecule has 2 saturated carbocycles. The zero-order valence-electron chi connectivity index (χ0n) is 10.2. The Hall–Kier alpha value is -1.06. The molecular weight excluding hydrogens is 218 g/mol. The summed E-state index contributed by atoms with van der Waals surface area (Å²) in [6.45, 7) is 0. The average Bonchev–Trinajstić information content (AvgIpc) is 2.63. The minimum absolute atomic E-state index is 0.0880. The van der Waals surface area contributed by atoms with Gasteiger partial charge in [0.25, 0.3) is 0 Å². The Kier molecular flexibility index (Phi) is 4.02. The normalized spacial score (nSPS) is 28.7. The average molecular weight is 239 g/mol. The smallest absolute Gasteiger partial charge is 0.306 e. The molecule has 4 nitrogen and oxygen atoms in total. The maximum Gasteiger partial charge on any atom is 0.306 e. The van der Waals surface area contributed by atoms with Crippen LogP contribution >= 0.6 is 0 Å². The van der Waals surface area contributed by atoms with Gasteiger partial charge >= 0.3 is 5.97 Å². The van der Waals surface area contributed by atoms with Gasteiger partial charge < -0.3 is 10.4 Å². The van der Waals surface area contributed by atoms with Gasteiger partial charge in [0.2, 0.25) is 5.91 Å². The van der Waals surface area contributed by atoms with Gasteiger partial charge in [0.15, 0.2) is 0 Å². The lowest BCUT2D eigenvalue weighted by Crippen LogP contribution is -2.33. The number of carboxylic acid groups (broad SMARTS) is 1. The summed E-state index contributed by atoms with van der Waals surface area (Å²) >= 11 is 0. The van der Waals surface area contributed by atoms with E-state index in [9.17, 15) is 9.59 Å². The molecule has 0 heterocycles. The Morgan fingerprint density at radius 2 is 1.94 bits per heavy atom. The SMILES string of the molecule is O=C(CCC1CCC1)N[C@@H]1CC[C@H](C(=O)O)C1. The molecule has 1 amide bonds. The van der Waals surface area contributed by atoms with Crippen molar-refractivity contribution in [3.8, 4) is 0 Å². The van der Waals surface area contributed by atoms with E-state index in [0.717, 1.165) is 18.8 Å². The summed E-state index contributed by atoms with van der Waals surface area (Å²) < 4.78 is 0. The van der Waals surface area contributed by atoms with E-state index in [0.29, 0.717) is 19.3 Å². The van der Waals surface area contributed by atoms with E-state index >= 15 is 0 Å². The van der Waals surface area contributed by atoms with Crippen molar-refractivity contribution in [1.29, 1.82) is 0 Å². The fourth-order valence-electron chi connectivity index (χ4n) is 2.75. The maximum absolute atomic E-state index is 11.7. The minimum atomic E-state index is -0.726. The molecule has 0 spiro atoms. The van der Waals surface area contributed by atoms with Crippen molar-refractivity contribution in [1.82, 2.24) is 5.32 Å². The first-order valence-electron chi connectivity index (χ1n) is 6.67. The standard InChI is InChI=1S/C13H21NO3/c15-12(7-4-9-2-1-3-9)14-11-6-5-10(8-11)13(16)17/h9-11H,1-8H2,(H,14,15)(H,16,17)/t10-,11+/m0/s1. The van der Waals surface area contributed by atoms with E-state index in [2.05, 4.69) is 5.32 Å². The fraction of sp³-hybridized carbons (Fsp3) is 0.846. The Balaban J connectivity index is 1.63. The van der Waals surface area contributed by atoms with Crippen LogP contribution in [-0.4, -0.2) is 23.0 Å². The molecule has 0 aromatic carbocycles. The lowest BCUT2D eigenvalue weighted by molar-refractivity contribution is -0.141. The molecule has 0 aliphatic heterocycles. The van der Waals surface area contributed by atoms with E-state index < -0.39 is 5.97 Å². The lowest BCUT2D eigenvalue weighted by Gasteiger charge is -2.25. The zero-order valence-corrected chi connectivity index (χ0v) is 10.2. The van der Waals surface area contributed by atoms with E-state index in [4.69, 9.17) is 5.11 Å². The Morgan fingerprint density at radius 3 is 2.47 bits per heavy atom. The van der Waals surface area contributed by atoms with Gasteiger partial charge in [-0.25, -0.2) is 0 Å². The number of carboxylic acids is 1. The molecule has 2 aliphatic rings. The summed E-state index contributed by atoms with van der Waals surface area (Å²) in [6.07, 6.45) is 7.59. The number of rotatable bonds is 5. The van der Waals surface area contributed by atoms with Gasteiger partial charge in [-0.15, -0.1) is 0 Å². The van der Waals surface area contributed by atoms with Crippen molar-refractivity contribution >= 4 is 11.9 Å². The molecule has 2 N–H and O–H groups in total. The first-order valence-corrected chi connectivity index (χ1v) is 6.67. The molecule has 2 atom stereocenters. The van der Waals surface area contributed by atoms with Crippen LogP contribution < -0.4 is 5.32 Å². The first kappa shape index (κ1) is 12.4. The van der Waals surface area contributed by atoms with Crippen molar-refractivity contribution < 1.29 is 14.7 Å². The van der Waals surface area contributed by atoms with Crippen LogP contribution in [0.4, 0.5) is 0 Å². The summed E-state index contributed by atoms with van der Waals surface area (Å²) in [7, 11) is 0. The number of hydrogen-bond acceptors (Lipinski definition) is 2. The predicted molar refractivity (Wildman–Crippen MR) is 63.5 cm³/mol. The third-order valence-electron chi connectivity index (χ3n) is 4.15. The molecule has 2 aliphatic carbocycles. The van der Waals surface area contributed by atoms with Crippen molar-refractivity contribution in [3.63, 3.8) is 0 Å². The summed E-state index contributed by atoms with van der Waals surface area (Å²) in [5, 5.41) is 11.8. The van der Waals surface area contributed by atoms with Crippen LogP contribution in [0.3, 0.4) is 0 Å². The molecule has 0 radical (unpaired) electrons. The fourth-order valence-corrected chi connectivity index (χ4v) is 2.75. The highest BCUT2D eigenvalue weighted by Crippen LogP contribution is 2.30. The second-order valence-electron chi connectivity index (χ2n) is 5.45. The molecule has 0 aromatic heterocycles. The molecule has 0 aromatic rings. The van der Waals surface area contributed by atoms with Gasteiger partial charge in [-0.05, 0) is 31.6 Å². The second-order valence-corrected chi connectivity index (χ2v) is 5.45. The molecule has 17 heavy (non-hydrogen) atoms. The van der Waals surface area contributed by atoms with Gasteiger partial charge in [-0.2, -0.15) is 0 Å². The number of aliphatic carboxylic acids is 1. The maximum atomic E-state index is 11.7. The summed E-state index contributed by atoms with van der Waals surface area (Å²) in [5.41, 5.74) is 0. The van der Waals surface area contributed by atoms with Crippen LogP contribution in [-0.2, 0) is 9.59 Å². The molecule has 0 bridgehead atoms. The Bertz CT molecular complexity index is 299. The van der Waals surface area contributed by atoms with Crippen LogP contribution in [0.1, 0.15) is 51.4 Å². The topological polar surface area (TPSA) is 66.4 Å². The van der Waals surface area contributed by atoms with Gasteiger partial charge in [0.05, 0.1) is 5.92 Å². The predicted octanol–water partition coefficient (Wildman–Crippen LogP) is 1.94. The highest BCUT2D eigenvalue weighted by molar-refractivity contribution is 5.76. The zero-order chi connectivity index (χ0) is 12.3. The van der Waals surface area contributed by atoms with E-state index in [1.54, 1.807) is 0 Å². The van der Waals surface area contributed by atoms with E-state index in [1.165, 1.54) is 19.3 Å². The molecule has 96 valence electrons. The molecule has 0 saturated heterocycles. The van der Waals surface area contributed by atoms with Crippen LogP contribution in [0.5, 0.6) is 0 Å². The number of nitrogens with one attached hydrogen (secondary N) is 1. The van der Waals surface area contributed by atoms with Crippen LogP contribution in [0.2, 0.25) is 0 Å². The van der Waals surface area contributed by atoms with E-state index in [-0.39, 0.29) is 17.9 Å². The molecular formula is C13H21NO3. The van der Waals surface area contributed by atoms with Crippen molar-refractivity contribution in [2.75, 3.05) is 0 Å². The summed E-state index contributed by atoms with van der Waals surface area (Å²) in [5.74, 6) is -0.118. The van der Waals surface area contributed by atoms with Crippen molar-refractivity contribution in [2.45, 2.75) is 57.4 Å². The van der Waals surface area contributed by atoms with Crippen LogP contribution in [0.15, 0.2) is 0 Å². The number of carbonyl (C=O) groups is 2. The third-order valence-corrected chi connectivity index (χ3v) is 4.15. The minimum Gasteiger partial charge on any atom is -0.481 e. The number of carbonyl (C=O) groups excluding carboxylic acids is 1. The second kappa shape index (κ2) is 5.52. The number of amides is 1. The van der Waals surface area contributed by atoms with Gasteiger partial charge in [0, 0.05) is 12.5 Å². The molecule has 2 fully saturated rings. The van der Waals surface area contributed by atoms with Gasteiger partial charge in [0.1, 0.15) is 0 Å². The molecule has 4 heteroatoms.